The number of carbonyl (C=O) groups excluding carboxylic acids is 1. The average Bonchev–Trinajstić information content (AvgIpc) is 3.09. The molecule has 0 saturated carbocycles. The zero-order chi connectivity index (χ0) is 16.2. The normalized spacial score (nSPS) is 11.9. The second-order valence-electron chi connectivity index (χ2n) is 5.28. The lowest BCUT2D eigenvalue weighted by atomic mass is 10.0. The minimum atomic E-state index is -0.135. The molecule has 1 amide bonds. The molecule has 0 fully saturated rings. The summed E-state index contributed by atoms with van der Waals surface area (Å²) in [6, 6.07) is 14.9. The summed E-state index contributed by atoms with van der Waals surface area (Å²) in [7, 11) is 0. The van der Waals surface area contributed by atoms with E-state index in [4.69, 9.17) is 5.73 Å². The maximum absolute atomic E-state index is 12.3. The number of aromatic nitrogens is 1. The lowest BCUT2D eigenvalue weighted by Gasteiger charge is -2.15. The van der Waals surface area contributed by atoms with Crippen LogP contribution >= 0.6 is 11.3 Å². The van der Waals surface area contributed by atoms with Crippen molar-refractivity contribution < 1.29 is 4.79 Å². The van der Waals surface area contributed by atoms with Crippen molar-refractivity contribution in [2.45, 2.75) is 13.0 Å². The highest BCUT2D eigenvalue weighted by Gasteiger charge is 2.12. The molecule has 116 valence electrons. The number of carbonyl (C=O) groups is 1. The molecule has 5 heteroatoms. The number of nitrogens with zero attached hydrogens (tertiary/aromatic N) is 1. The molecular formula is C18H17N3OS. The van der Waals surface area contributed by atoms with Crippen molar-refractivity contribution in [3.8, 4) is 10.6 Å². The Kier molecular flexibility index (Phi) is 4.39. The Morgan fingerprint density at radius 3 is 2.78 bits per heavy atom. The second-order valence-corrected chi connectivity index (χ2v) is 6.18. The molecule has 0 radical (unpaired) electrons. The predicted octanol–water partition coefficient (Wildman–Crippen LogP) is 3.88. The number of benzene rings is 2. The van der Waals surface area contributed by atoms with Gasteiger partial charge in [0.25, 0.3) is 5.91 Å². The van der Waals surface area contributed by atoms with E-state index in [1.54, 1.807) is 41.8 Å². The number of nitrogens with two attached hydrogens (primary N) is 1. The summed E-state index contributed by atoms with van der Waals surface area (Å²) in [5, 5.41) is 5.93. The number of nitrogen functional groups attached to an aromatic ring is 1. The zero-order valence-corrected chi connectivity index (χ0v) is 13.5. The first-order valence-corrected chi connectivity index (χ1v) is 8.17. The van der Waals surface area contributed by atoms with Crippen molar-refractivity contribution in [1.82, 2.24) is 10.3 Å². The highest BCUT2D eigenvalue weighted by Crippen LogP contribution is 2.25. The van der Waals surface area contributed by atoms with E-state index in [9.17, 15) is 4.79 Å². The number of anilines is 1. The largest absolute Gasteiger partial charge is 0.399 e. The standard InChI is InChI=1S/C18H17N3OS/c1-12(21-17(22)14-5-3-7-16(19)11-14)13-4-2-6-15(10-13)18-20-8-9-23-18/h2-12H,19H2,1H3,(H,21,22). The number of rotatable bonds is 4. The molecule has 3 N–H and O–H groups in total. The number of hydrogen-bond donors (Lipinski definition) is 2. The van der Waals surface area contributed by atoms with Gasteiger partial charge in [-0.2, -0.15) is 0 Å². The average molecular weight is 323 g/mol. The maximum Gasteiger partial charge on any atom is 0.251 e. The van der Waals surface area contributed by atoms with Gasteiger partial charge in [-0.1, -0.05) is 24.3 Å². The third-order valence-corrected chi connectivity index (χ3v) is 4.38. The Morgan fingerprint density at radius 1 is 1.22 bits per heavy atom. The highest BCUT2D eigenvalue weighted by molar-refractivity contribution is 7.13. The monoisotopic (exact) mass is 323 g/mol. The molecule has 3 aromatic rings. The van der Waals surface area contributed by atoms with E-state index in [0.29, 0.717) is 11.3 Å². The van der Waals surface area contributed by atoms with Crippen molar-refractivity contribution in [1.29, 1.82) is 0 Å². The van der Waals surface area contributed by atoms with Crippen LogP contribution in [0.4, 0.5) is 5.69 Å². The second kappa shape index (κ2) is 6.62. The van der Waals surface area contributed by atoms with Crippen LogP contribution in [0.15, 0.2) is 60.1 Å². The molecule has 0 aliphatic heterocycles. The Labute approximate surface area is 139 Å². The fraction of sp³-hybridized carbons (Fsp3) is 0.111. The molecule has 1 heterocycles. The Morgan fingerprint density at radius 2 is 2.04 bits per heavy atom. The SMILES string of the molecule is CC(NC(=O)c1cccc(N)c1)c1cccc(-c2nccs2)c1. The van der Waals surface area contributed by atoms with Crippen LogP contribution in [-0.4, -0.2) is 10.9 Å². The predicted molar refractivity (Wildman–Crippen MR) is 94.3 cm³/mol. The van der Waals surface area contributed by atoms with Crippen LogP contribution in [0.3, 0.4) is 0 Å². The third-order valence-electron chi connectivity index (χ3n) is 3.56. The molecule has 23 heavy (non-hydrogen) atoms. The number of thiazole rings is 1. The van der Waals surface area contributed by atoms with Gasteiger partial charge in [-0.15, -0.1) is 11.3 Å². The topological polar surface area (TPSA) is 68.0 Å². The molecule has 0 spiro atoms. The van der Waals surface area contributed by atoms with Crippen molar-refractivity contribution >= 4 is 22.9 Å². The van der Waals surface area contributed by atoms with Gasteiger partial charge in [-0.05, 0) is 36.8 Å². The molecule has 1 atom stereocenters. The van der Waals surface area contributed by atoms with Gasteiger partial charge in [0.2, 0.25) is 0 Å². The first kappa shape index (κ1) is 15.2. The molecule has 0 saturated heterocycles. The van der Waals surface area contributed by atoms with Crippen molar-refractivity contribution in [3.05, 3.63) is 71.2 Å². The summed E-state index contributed by atoms with van der Waals surface area (Å²) in [6.07, 6.45) is 1.79. The van der Waals surface area contributed by atoms with Gasteiger partial charge in [0, 0.05) is 28.4 Å². The fourth-order valence-electron chi connectivity index (χ4n) is 2.35. The summed E-state index contributed by atoms with van der Waals surface area (Å²) < 4.78 is 0. The van der Waals surface area contributed by atoms with Crippen molar-refractivity contribution in [2.24, 2.45) is 0 Å². The summed E-state index contributed by atoms with van der Waals surface area (Å²) in [5.74, 6) is -0.135. The van der Waals surface area contributed by atoms with Crippen LogP contribution in [-0.2, 0) is 0 Å². The van der Waals surface area contributed by atoms with E-state index >= 15 is 0 Å². The van der Waals surface area contributed by atoms with Gasteiger partial charge in [-0.25, -0.2) is 4.98 Å². The fourth-order valence-corrected chi connectivity index (χ4v) is 2.99. The third kappa shape index (κ3) is 3.57. The molecule has 2 aromatic carbocycles. The summed E-state index contributed by atoms with van der Waals surface area (Å²) in [5.41, 5.74) is 8.96. The van der Waals surface area contributed by atoms with E-state index in [2.05, 4.69) is 16.4 Å². The molecule has 4 nitrogen and oxygen atoms in total. The minimum absolute atomic E-state index is 0.108. The number of hydrogen-bond acceptors (Lipinski definition) is 4. The van der Waals surface area contributed by atoms with Gasteiger partial charge in [0.1, 0.15) is 5.01 Å². The van der Waals surface area contributed by atoms with Crippen LogP contribution in [0.1, 0.15) is 28.9 Å². The van der Waals surface area contributed by atoms with E-state index in [0.717, 1.165) is 16.1 Å². The summed E-state index contributed by atoms with van der Waals surface area (Å²) >= 11 is 1.60. The van der Waals surface area contributed by atoms with Gasteiger partial charge >= 0.3 is 0 Å². The van der Waals surface area contributed by atoms with E-state index in [-0.39, 0.29) is 11.9 Å². The van der Waals surface area contributed by atoms with Crippen LogP contribution in [0, 0.1) is 0 Å². The van der Waals surface area contributed by atoms with Gasteiger partial charge < -0.3 is 11.1 Å². The Balaban J connectivity index is 1.77. The first-order chi connectivity index (χ1) is 11.1. The van der Waals surface area contributed by atoms with Crippen LogP contribution in [0.25, 0.3) is 10.6 Å². The van der Waals surface area contributed by atoms with E-state index < -0.39 is 0 Å². The summed E-state index contributed by atoms with van der Waals surface area (Å²) in [4.78, 5) is 16.6. The highest BCUT2D eigenvalue weighted by atomic mass is 32.1. The van der Waals surface area contributed by atoms with Crippen LogP contribution in [0.5, 0.6) is 0 Å². The van der Waals surface area contributed by atoms with E-state index in [1.165, 1.54) is 0 Å². The molecule has 3 rings (SSSR count). The number of amides is 1. The summed E-state index contributed by atoms with van der Waals surface area (Å²) in [6.45, 7) is 1.96. The van der Waals surface area contributed by atoms with Gasteiger partial charge in [-0.3, -0.25) is 4.79 Å². The first-order valence-electron chi connectivity index (χ1n) is 7.30. The van der Waals surface area contributed by atoms with Crippen LogP contribution < -0.4 is 11.1 Å². The number of nitrogens with one attached hydrogen (secondary N) is 1. The van der Waals surface area contributed by atoms with Crippen molar-refractivity contribution in [2.75, 3.05) is 5.73 Å². The van der Waals surface area contributed by atoms with Gasteiger partial charge in [0.15, 0.2) is 0 Å². The quantitative estimate of drug-likeness (QED) is 0.716. The Bertz CT molecular complexity index is 815. The van der Waals surface area contributed by atoms with E-state index in [1.807, 2.05) is 30.5 Å². The lowest BCUT2D eigenvalue weighted by Crippen LogP contribution is -2.26. The lowest BCUT2D eigenvalue weighted by molar-refractivity contribution is 0.0940. The molecule has 1 unspecified atom stereocenters. The maximum atomic E-state index is 12.3. The smallest absolute Gasteiger partial charge is 0.251 e. The molecule has 1 aromatic heterocycles. The zero-order valence-electron chi connectivity index (χ0n) is 12.7. The Hall–Kier alpha value is -2.66. The molecular weight excluding hydrogens is 306 g/mol. The van der Waals surface area contributed by atoms with Crippen LogP contribution in [0.2, 0.25) is 0 Å². The molecule has 0 aliphatic carbocycles. The van der Waals surface area contributed by atoms with Crippen molar-refractivity contribution in [3.63, 3.8) is 0 Å². The molecule has 0 aliphatic rings. The minimum Gasteiger partial charge on any atom is -0.399 e. The molecule has 0 bridgehead atoms. The van der Waals surface area contributed by atoms with Gasteiger partial charge in [0.05, 0.1) is 6.04 Å².